The molecule has 0 N–H and O–H groups in total. The fourth-order valence-corrected chi connectivity index (χ4v) is 3.15. The maximum absolute atomic E-state index is 13.0. The Morgan fingerprint density at radius 2 is 1.88 bits per heavy atom. The largest absolute Gasteiger partial charge is 0.362 e. The van der Waals surface area contributed by atoms with E-state index in [0.29, 0.717) is 29.9 Å². The van der Waals surface area contributed by atoms with E-state index in [2.05, 4.69) is 4.98 Å². The minimum absolute atomic E-state index is 0.0109. The predicted octanol–water partition coefficient (Wildman–Crippen LogP) is 2.64. The molecule has 124 valence electrons. The van der Waals surface area contributed by atoms with E-state index < -0.39 is 6.04 Å². The van der Waals surface area contributed by atoms with Gasteiger partial charge in [0.2, 0.25) is 0 Å². The molecule has 1 aliphatic rings. The number of Topliss-reactive ketones (excluding diaryl/α,β-unsaturated/α-hetero) is 1. The molecular weight excluding hydrogens is 302 g/mol. The zero-order chi connectivity index (χ0) is 17.1. The summed E-state index contributed by atoms with van der Waals surface area (Å²) >= 11 is 0. The van der Waals surface area contributed by atoms with E-state index in [1.807, 2.05) is 37.2 Å². The number of aromatic nitrogens is 1. The molecule has 5 heteroatoms. The minimum Gasteiger partial charge on any atom is -0.362 e. The first-order valence-corrected chi connectivity index (χ1v) is 8.12. The molecule has 24 heavy (non-hydrogen) atoms. The number of pyridine rings is 1. The Kier molecular flexibility index (Phi) is 4.60. The van der Waals surface area contributed by atoms with Gasteiger partial charge in [-0.25, -0.2) is 4.98 Å². The second-order valence-electron chi connectivity index (χ2n) is 6.16. The molecule has 1 amide bonds. The summed E-state index contributed by atoms with van der Waals surface area (Å²) in [6, 6.07) is 12.3. The Morgan fingerprint density at radius 3 is 2.58 bits per heavy atom. The van der Waals surface area contributed by atoms with Crippen molar-refractivity contribution < 1.29 is 9.59 Å². The summed E-state index contributed by atoms with van der Waals surface area (Å²) < 4.78 is 0. The first kappa shape index (κ1) is 16.2. The quantitative estimate of drug-likeness (QED) is 0.812. The van der Waals surface area contributed by atoms with Crippen LogP contribution in [0, 0.1) is 0 Å². The summed E-state index contributed by atoms with van der Waals surface area (Å²) in [5.74, 6) is 0.510. The number of carbonyl (C=O) groups is 2. The molecule has 1 aromatic heterocycles. The fourth-order valence-electron chi connectivity index (χ4n) is 3.15. The smallest absolute Gasteiger partial charge is 0.258 e. The third-order valence-electron chi connectivity index (χ3n) is 4.32. The number of amides is 1. The van der Waals surface area contributed by atoms with E-state index in [4.69, 9.17) is 0 Å². The average molecular weight is 323 g/mol. The predicted molar refractivity (Wildman–Crippen MR) is 93.4 cm³/mol. The van der Waals surface area contributed by atoms with Crippen molar-refractivity contribution in [3.05, 3.63) is 59.8 Å². The molecule has 0 aliphatic carbocycles. The second kappa shape index (κ2) is 6.83. The Balaban J connectivity index is 1.89. The Hall–Kier alpha value is -2.69. The highest BCUT2D eigenvalue weighted by Gasteiger charge is 2.35. The SMILES string of the molecule is CN(C)c1ncccc1C(=O)N1CCCC1C(=O)c1ccccc1. The van der Waals surface area contributed by atoms with Gasteiger partial charge in [-0.3, -0.25) is 9.59 Å². The monoisotopic (exact) mass is 323 g/mol. The summed E-state index contributed by atoms with van der Waals surface area (Å²) in [4.78, 5) is 33.6. The van der Waals surface area contributed by atoms with E-state index in [0.717, 1.165) is 6.42 Å². The summed E-state index contributed by atoms with van der Waals surface area (Å²) in [5.41, 5.74) is 1.19. The Bertz CT molecular complexity index is 743. The Labute approximate surface area is 141 Å². The summed E-state index contributed by atoms with van der Waals surface area (Å²) in [6.07, 6.45) is 3.21. The van der Waals surface area contributed by atoms with Gasteiger partial charge in [-0.2, -0.15) is 0 Å². The van der Waals surface area contributed by atoms with Gasteiger partial charge in [0.15, 0.2) is 5.78 Å². The van der Waals surface area contributed by atoms with E-state index in [-0.39, 0.29) is 11.7 Å². The number of hydrogen-bond acceptors (Lipinski definition) is 4. The van der Waals surface area contributed by atoms with Gasteiger partial charge < -0.3 is 9.80 Å². The van der Waals surface area contributed by atoms with Gasteiger partial charge in [0.1, 0.15) is 5.82 Å². The van der Waals surface area contributed by atoms with Gasteiger partial charge in [-0.05, 0) is 25.0 Å². The molecular formula is C19H21N3O2. The molecule has 0 spiro atoms. The van der Waals surface area contributed by atoms with Crippen LogP contribution in [0.2, 0.25) is 0 Å². The molecule has 1 unspecified atom stereocenters. The molecule has 1 aromatic carbocycles. The van der Waals surface area contributed by atoms with Crippen molar-refractivity contribution in [2.45, 2.75) is 18.9 Å². The number of benzene rings is 1. The Morgan fingerprint density at radius 1 is 1.12 bits per heavy atom. The minimum atomic E-state index is -0.393. The van der Waals surface area contributed by atoms with Crippen LogP contribution in [0.3, 0.4) is 0 Å². The van der Waals surface area contributed by atoms with Gasteiger partial charge in [-0.1, -0.05) is 30.3 Å². The van der Waals surface area contributed by atoms with Crippen molar-refractivity contribution in [3.8, 4) is 0 Å². The van der Waals surface area contributed by atoms with Gasteiger partial charge >= 0.3 is 0 Å². The number of nitrogens with zero attached hydrogens (tertiary/aromatic N) is 3. The van der Waals surface area contributed by atoms with Crippen LogP contribution >= 0.6 is 0 Å². The molecule has 2 heterocycles. The van der Waals surface area contributed by atoms with Crippen LogP contribution in [0.15, 0.2) is 48.7 Å². The van der Waals surface area contributed by atoms with Gasteiger partial charge in [0.25, 0.3) is 5.91 Å². The maximum Gasteiger partial charge on any atom is 0.258 e. The first-order chi connectivity index (χ1) is 11.6. The van der Waals surface area contributed by atoms with Gasteiger partial charge in [-0.15, -0.1) is 0 Å². The molecule has 1 saturated heterocycles. The summed E-state index contributed by atoms with van der Waals surface area (Å²) in [7, 11) is 3.71. The standard InChI is InChI=1S/C19H21N3O2/c1-21(2)18-15(10-6-12-20-18)19(24)22-13-7-11-16(22)17(23)14-8-4-3-5-9-14/h3-6,8-10,12,16H,7,11,13H2,1-2H3. The van der Waals surface area contributed by atoms with Crippen LogP contribution in [-0.2, 0) is 0 Å². The normalized spacial score (nSPS) is 16.9. The van der Waals surface area contributed by atoms with E-state index >= 15 is 0 Å². The van der Waals surface area contributed by atoms with Crippen LogP contribution < -0.4 is 4.90 Å². The second-order valence-corrected chi connectivity index (χ2v) is 6.16. The van der Waals surface area contributed by atoms with Crippen LogP contribution in [0.5, 0.6) is 0 Å². The van der Waals surface area contributed by atoms with Crippen LogP contribution in [0.25, 0.3) is 0 Å². The molecule has 1 aliphatic heterocycles. The molecule has 3 rings (SSSR count). The topological polar surface area (TPSA) is 53.5 Å². The molecule has 0 saturated carbocycles. The number of hydrogen-bond donors (Lipinski definition) is 0. The highest BCUT2D eigenvalue weighted by Crippen LogP contribution is 2.26. The molecule has 5 nitrogen and oxygen atoms in total. The number of likely N-dealkylation sites (tertiary alicyclic amines) is 1. The lowest BCUT2D eigenvalue weighted by molar-refractivity contribution is 0.0671. The summed E-state index contributed by atoms with van der Waals surface area (Å²) in [6.45, 7) is 0.601. The third-order valence-corrected chi connectivity index (χ3v) is 4.32. The van der Waals surface area contributed by atoms with Crippen molar-refractivity contribution in [3.63, 3.8) is 0 Å². The fraction of sp³-hybridized carbons (Fsp3) is 0.316. The van der Waals surface area contributed by atoms with Crippen LogP contribution in [-0.4, -0.2) is 48.3 Å². The van der Waals surface area contributed by atoms with Crippen molar-refractivity contribution in [1.82, 2.24) is 9.88 Å². The lowest BCUT2D eigenvalue weighted by Crippen LogP contribution is -2.41. The van der Waals surface area contributed by atoms with Crippen molar-refractivity contribution in [1.29, 1.82) is 0 Å². The highest BCUT2D eigenvalue weighted by atomic mass is 16.2. The van der Waals surface area contributed by atoms with Crippen molar-refractivity contribution in [2.75, 3.05) is 25.5 Å². The number of ketones is 1. The molecule has 2 aromatic rings. The van der Waals surface area contributed by atoms with Gasteiger partial charge in [0, 0.05) is 32.4 Å². The van der Waals surface area contributed by atoms with E-state index in [9.17, 15) is 9.59 Å². The average Bonchev–Trinajstić information content (AvgIpc) is 3.10. The highest BCUT2D eigenvalue weighted by molar-refractivity contribution is 6.06. The first-order valence-electron chi connectivity index (χ1n) is 8.12. The van der Waals surface area contributed by atoms with Crippen LogP contribution in [0.1, 0.15) is 33.6 Å². The van der Waals surface area contributed by atoms with Crippen molar-refractivity contribution >= 4 is 17.5 Å². The number of anilines is 1. The summed E-state index contributed by atoms with van der Waals surface area (Å²) in [5, 5.41) is 0. The zero-order valence-electron chi connectivity index (χ0n) is 14.0. The third kappa shape index (κ3) is 3.02. The maximum atomic E-state index is 13.0. The number of rotatable bonds is 4. The molecule has 1 fully saturated rings. The molecule has 0 radical (unpaired) electrons. The molecule has 1 atom stereocenters. The van der Waals surface area contributed by atoms with E-state index in [1.165, 1.54) is 0 Å². The van der Waals surface area contributed by atoms with Crippen LogP contribution in [0.4, 0.5) is 5.82 Å². The zero-order valence-corrected chi connectivity index (χ0v) is 14.0. The number of carbonyl (C=O) groups excluding carboxylic acids is 2. The van der Waals surface area contributed by atoms with Crippen molar-refractivity contribution in [2.24, 2.45) is 0 Å². The van der Waals surface area contributed by atoms with Gasteiger partial charge in [0.05, 0.1) is 11.6 Å². The van der Waals surface area contributed by atoms with E-state index in [1.54, 1.807) is 35.4 Å². The lowest BCUT2D eigenvalue weighted by Gasteiger charge is -2.25. The molecule has 0 bridgehead atoms. The lowest BCUT2D eigenvalue weighted by atomic mass is 10.0.